The van der Waals surface area contributed by atoms with Gasteiger partial charge in [0.1, 0.15) is 17.3 Å². The molecule has 0 saturated heterocycles. The quantitative estimate of drug-likeness (QED) is 0.514. The number of nitrogens with zero attached hydrogens (tertiary/aromatic N) is 2. The molecule has 0 spiro atoms. The van der Waals surface area contributed by atoms with E-state index in [-0.39, 0.29) is 29.0 Å². The van der Waals surface area contributed by atoms with Crippen molar-refractivity contribution in [2.45, 2.75) is 44.7 Å². The topological polar surface area (TPSA) is 80.1 Å². The zero-order valence-corrected chi connectivity index (χ0v) is 20.1. The third-order valence-corrected chi connectivity index (χ3v) is 7.65. The zero-order chi connectivity index (χ0) is 23.8. The summed E-state index contributed by atoms with van der Waals surface area (Å²) in [6.45, 7) is 6.29. The van der Waals surface area contributed by atoms with Crippen molar-refractivity contribution in [3.05, 3.63) is 77.2 Å². The van der Waals surface area contributed by atoms with Crippen molar-refractivity contribution in [3.8, 4) is 5.75 Å². The number of para-hydroxylation sites is 1. The van der Waals surface area contributed by atoms with Gasteiger partial charge in [0, 0.05) is 12.6 Å². The van der Waals surface area contributed by atoms with Gasteiger partial charge < -0.3 is 14.1 Å². The number of carbonyl (C=O) groups excluding carboxylic acids is 1. The van der Waals surface area contributed by atoms with Gasteiger partial charge in [-0.15, -0.1) is 0 Å². The van der Waals surface area contributed by atoms with Crippen LogP contribution in [0.1, 0.15) is 41.3 Å². The summed E-state index contributed by atoms with van der Waals surface area (Å²) in [5, 5.41) is 0. The van der Waals surface area contributed by atoms with Crippen LogP contribution in [0.15, 0.2) is 63.9 Å². The smallest absolute Gasteiger partial charge is 0.264 e. The molecule has 1 aliphatic rings. The lowest BCUT2D eigenvalue weighted by Crippen LogP contribution is -2.36. The molecule has 33 heavy (non-hydrogen) atoms. The predicted octanol–water partition coefficient (Wildman–Crippen LogP) is 4.40. The van der Waals surface area contributed by atoms with Gasteiger partial charge in [-0.25, -0.2) is 8.42 Å². The number of aryl methyl sites for hydroxylation is 1. The number of amides is 1. The minimum atomic E-state index is -3.85. The van der Waals surface area contributed by atoms with Crippen LogP contribution < -0.4 is 9.04 Å². The Bertz CT molecular complexity index is 1280. The lowest BCUT2D eigenvalue weighted by molar-refractivity contribution is 0.0671. The molecule has 2 aromatic carbocycles. The number of hydrogen-bond donors (Lipinski definition) is 0. The van der Waals surface area contributed by atoms with Crippen LogP contribution >= 0.6 is 0 Å². The molecule has 0 unspecified atom stereocenters. The van der Waals surface area contributed by atoms with Gasteiger partial charge in [-0.1, -0.05) is 18.2 Å². The van der Waals surface area contributed by atoms with Crippen molar-refractivity contribution in [2.75, 3.05) is 18.0 Å². The van der Waals surface area contributed by atoms with Crippen LogP contribution in [0.2, 0.25) is 0 Å². The Morgan fingerprint density at radius 2 is 1.91 bits per heavy atom. The molecule has 0 N–H and O–H groups in total. The Morgan fingerprint density at radius 1 is 1.15 bits per heavy atom. The second-order valence-electron chi connectivity index (χ2n) is 8.36. The first-order chi connectivity index (χ1) is 15.7. The van der Waals surface area contributed by atoms with Crippen molar-refractivity contribution in [1.82, 2.24) is 4.90 Å². The molecule has 8 heteroatoms. The van der Waals surface area contributed by atoms with Gasteiger partial charge in [0.25, 0.3) is 15.9 Å². The highest BCUT2D eigenvalue weighted by molar-refractivity contribution is 7.92. The Hall–Kier alpha value is -3.26. The lowest BCUT2D eigenvalue weighted by atomic mass is 10.1. The molecule has 0 atom stereocenters. The van der Waals surface area contributed by atoms with Crippen molar-refractivity contribution in [2.24, 2.45) is 0 Å². The summed E-state index contributed by atoms with van der Waals surface area (Å²) < 4.78 is 39.5. The normalized spacial score (nSPS) is 13.3. The van der Waals surface area contributed by atoms with Crippen molar-refractivity contribution >= 4 is 21.6 Å². The maximum absolute atomic E-state index is 13.6. The first-order valence-electron chi connectivity index (χ1n) is 10.9. The second kappa shape index (κ2) is 8.94. The third-order valence-electron chi connectivity index (χ3n) is 5.84. The fraction of sp³-hybridized carbons (Fsp3) is 0.320. The molecule has 3 aromatic rings. The lowest BCUT2D eigenvalue weighted by Gasteiger charge is -2.27. The highest BCUT2D eigenvalue weighted by atomic mass is 32.2. The van der Waals surface area contributed by atoms with E-state index in [4.69, 9.17) is 9.15 Å². The maximum Gasteiger partial charge on any atom is 0.264 e. The second-order valence-corrected chi connectivity index (χ2v) is 10.2. The molecule has 0 radical (unpaired) electrons. The summed E-state index contributed by atoms with van der Waals surface area (Å²) in [5.74, 6) is 1.42. The Balaban J connectivity index is 1.71. The van der Waals surface area contributed by atoms with Crippen LogP contribution in [0.3, 0.4) is 0 Å². The van der Waals surface area contributed by atoms with Crippen LogP contribution in [-0.4, -0.2) is 38.9 Å². The van der Waals surface area contributed by atoms with E-state index >= 15 is 0 Å². The van der Waals surface area contributed by atoms with Crippen LogP contribution in [0.5, 0.6) is 5.75 Å². The number of ether oxygens (including phenoxy) is 1. The minimum absolute atomic E-state index is 0.0564. The molecule has 0 saturated carbocycles. The number of hydrogen-bond acceptors (Lipinski definition) is 5. The van der Waals surface area contributed by atoms with E-state index in [1.54, 1.807) is 11.0 Å². The Kier molecular flexibility index (Phi) is 6.21. The number of sulfonamides is 1. The molecule has 1 amide bonds. The van der Waals surface area contributed by atoms with Gasteiger partial charge in [0.2, 0.25) is 0 Å². The molecular formula is C25H28N2O5S. The number of methoxy groups -OCH3 is 1. The van der Waals surface area contributed by atoms with Crippen molar-refractivity contribution in [1.29, 1.82) is 0 Å². The van der Waals surface area contributed by atoms with E-state index in [9.17, 15) is 13.2 Å². The molecule has 0 fully saturated rings. The Morgan fingerprint density at radius 3 is 2.58 bits per heavy atom. The van der Waals surface area contributed by atoms with E-state index < -0.39 is 10.0 Å². The molecule has 7 nitrogen and oxygen atoms in total. The number of rotatable bonds is 7. The van der Waals surface area contributed by atoms with Gasteiger partial charge in [0.15, 0.2) is 0 Å². The number of fused-ring (bicyclic) bond motifs is 1. The largest absolute Gasteiger partial charge is 0.496 e. The average Bonchev–Trinajstić information content (AvgIpc) is 3.42. The zero-order valence-electron chi connectivity index (χ0n) is 19.2. The predicted molar refractivity (Wildman–Crippen MR) is 126 cm³/mol. The average molecular weight is 469 g/mol. The summed E-state index contributed by atoms with van der Waals surface area (Å²) in [6, 6.07) is 15.5. The summed E-state index contributed by atoms with van der Waals surface area (Å²) in [7, 11) is -2.38. The standard InChI is InChI=1S/C25H28N2O5S/c1-17(2)26(16-20-10-9-18(3)32-20)25(28)22-15-21(11-12-24(22)31-4)33(29,30)27-14-13-19-7-5-6-8-23(19)27/h5-12,15,17H,13-14,16H2,1-4H3. The molecular weight excluding hydrogens is 440 g/mol. The van der Waals surface area contributed by atoms with Gasteiger partial charge in [0.05, 0.1) is 29.8 Å². The van der Waals surface area contributed by atoms with Gasteiger partial charge >= 0.3 is 0 Å². The van der Waals surface area contributed by atoms with Crippen LogP contribution in [0.25, 0.3) is 0 Å². The summed E-state index contributed by atoms with van der Waals surface area (Å²) in [4.78, 5) is 15.3. The SMILES string of the molecule is COc1ccc(S(=O)(=O)N2CCc3ccccc32)cc1C(=O)N(Cc1ccc(C)o1)C(C)C. The van der Waals surface area contributed by atoms with Crippen LogP contribution in [0, 0.1) is 6.92 Å². The van der Waals surface area contributed by atoms with Crippen LogP contribution in [0.4, 0.5) is 5.69 Å². The number of carbonyl (C=O) groups is 1. The molecule has 4 rings (SSSR count). The monoisotopic (exact) mass is 468 g/mol. The number of anilines is 1. The third kappa shape index (κ3) is 4.35. The van der Waals surface area contributed by atoms with Gasteiger partial charge in [-0.2, -0.15) is 0 Å². The maximum atomic E-state index is 13.6. The highest BCUT2D eigenvalue weighted by Crippen LogP contribution is 2.34. The molecule has 2 heterocycles. The number of benzene rings is 2. The van der Waals surface area contributed by atoms with E-state index in [2.05, 4.69) is 0 Å². The summed E-state index contributed by atoms with van der Waals surface area (Å²) >= 11 is 0. The van der Waals surface area contributed by atoms with E-state index in [1.807, 2.05) is 51.1 Å². The molecule has 174 valence electrons. The van der Waals surface area contributed by atoms with Crippen molar-refractivity contribution < 1.29 is 22.4 Å². The van der Waals surface area contributed by atoms with Gasteiger partial charge in [-0.05, 0) is 69.2 Å². The first-order valence-corrected chi connectivity index (χ1v) is 12.3. The Labute approximate surface area is 194 Å². The highest BCUT2D eigenvalue weighted by Gasteiger charge is 2.32. The van der Waals surface area contributed by atoms with Gasteiger partial charge in [-0.3, -0.25) is 9.10 Å². The van der Waals surface area contributed by atoms with Crippen LogP contribution in [-0.2, 0) is 23.0 Å². The summed E-state index contributed by atoms with van der Waals surface area (Å²) in [6.07, 6.45) is 0.654. The summed E-state index contributed by atoms with van der Waals surface area (Å²) in [5.41, 5.74) is 1.87. The molecule has 1 aromatic heterocycles. The van der Waals surface area contributed by atoms with E-state index in [0.29, 0.717) is 30.2 Å². The fourth-order valence-corrected chi connectivity index (χ4v) is 5.61. The minimum Gasteiger partial charge on any atom is -0.496 e. The fourth-order valence-electron chi connectivity index (χ4n) is 4.08. The molecule has 1 aliphatic heterocycles. The molecule has 0 aliphatic carbocycles. The van der Waals surface area contributed by atoms with Crippen molar-refractivity contribution in [3.63, 3.8) is 0 Å². The van der Waals surface area contributed by atoms with E-state index in [1.165, 1.54) is 29.6 Å². The number of furan rings is 1. The first kappa shape index (κ1) is 22.9. The van der Waals surface area contributed by atoms with E-state index in [0.717, 1.165) is 11.3 Å². The molecule has 0 bridgehead atoms.